The van der Waals surface area contributed by atoms with Crippen LogP contribution in [0.1, 0.15) is 31.2 Å². The Labute approximate surface area is 108 Å². The highest BCUT2D eigenvalue weighted by Crippen LogP contribution is 2.57. The van der Waals surface area contributed by atoms with Crippen LogP contribution in [0.3, 0.4) is 0 Å². The van der Waals surface area contributed by atoms with Gasteiger partial charge in [0.1, 0.15) is 5.75 Å². The van der Waals surface area contributed by atoms with E-state index in [9.17, 15) is 0 Å². The van der Waals surface area contributed by atoms with Gasteiger partial charge in [0.05, 0.1) is 7.11 Å². The van der Waals surface area contributed by atoms with Gasteiger partial charge in [0, 0.05) is 18.8 Å². The molecule has 0 atom stereocenters. The largest absolute Gasteiger partial charge is 0.497 e. The third-order valence-corrected chi connectivity index (χ3v) is 4.60. The average molecular weight is 247 g/mol. The third kappa shape index (κ3) is 1.91. The molecule has 3 rings (SSSR count). The SMILES string of the molecule is COc1ccc(C2(N)CC3(CCOCC3)C2)cc1. The molecule has 0 unspecified atom stereocenters. The number of benzene rings is 1. The van der Waals surface area contributed by atoms with Gasteiger partial charge >= 0.3 is 0 Å². The number of nitrogens with two attached hydrogens (primary N) is 1. The zero-order valence-electron chi connectivity index (χ0n) is 10.9. The van der Waals surface area contributed by atoms with Crippen LogP contribution in [0.15, 0.2) is 24.3 Å². The molecule has 0 bridgehead atoms. The van der Waals surface area contributed by atoms with Crippen molar-refractivity contribution >= 4 is 0 Å². The monoisotopic (exact) mass is 247 g/mol. The minimum atomic E-state index is -0.135. The van der Waals surface area contributed by atoms with Crippen LogP contribution in [-0.4, -0.2) is 20.3 Å². The molecule has 1 heterocycles. The number of rotatable bonds is 2. The van der Waals surface area contributed by atoms with E-state index in [2.05, 4.69) is 12.1 Å². The number of ether oxygens (including phenoxy) is 2. The van der Waals surface area contributed by atoms with E-state index in [1.54, 1.807) is 7.11 Å². The molecule has 1 saturated heterocycles. The molecule has 1 aromatic rings. The van der Waals surface area contributed by atoms with Crippen LogP contribution in [-0.2, 0) is 10.3 Å². The highest BCUT2D eigenvalue weighted by atomic mass is 16.5. The predicted octanol–water partition coefficient (Wildman–Crippen LogP) is 2.44. The van der Waals surface area contributed by atoms with E-state index in [1.165, 1.54) is 18.4 Å². The summed E-state index contributed by atoms with van der Waals surface area (Å²) in [5, 5.41) is 0. The van der Waals surface area contributed by atoms with Gasteiger partial charge in [-0.15, -0.1) is 0 Å². The fourth-order valence-electron chi connectivity index (χ4n) is 3.57. The lowest BCUT2D eigenvalue weighted by atomic mass is 9.52. The van der Waals surface area contributed by atoms with Gasteiger partial charge < -0.3 is 15.2 Å². The third-order valence-electron chi connectivity index (χ3n) is 4.60. The molecule has 0 aromatic heterocycles. The van der Waals surface area contributed by atoms with Crippen LogP contribution in [0.4, 0.5) is 0 Å². The van der Waals surface area contributed by atoms with Gasteiger partial charge in [-0.05, 0) is 48.8 Å². The van der Waals surface area contributed by atoms with Crippen molar-refractivity contribution in [1.82, 2.24) is 0 Å². The Kier molecular flexibility index (Phi) is 2.83. The Morgan fingerprint density at radius 1 is 1.11 bits per heavy atom. The van der Waals surface area contributed by atoms with Gasteiger partial charge in [0.15, 0.2) is 0 Å². The summed E-state index contributed by atoms with van der Waals surface area (Å²) in [6.45, 7) is 1.80. The van der Waals surface area contributed by atoms with Gasteiger partial charge in [-0.3, -0.25) is 0 Å². The Hall–Kier alpha value is -1.06. The summed E-state index contributed by atoms with van der Waals surface area (Å²) in [7, 11) is 1.69. The topological polar surface area (TPSA) is 44.5 Å². The van der Waals surface area contributed by atoms with Gasteiger partial charge in [-0.1, -0.05) is 12.1 Å². The van der Waals surface area contributed by atoms with E-state index in [-0.39, 0.29) is 5.54 Å². The molecule has 98 valence electrons. The molecular weight excluding hydrogens is 226 g/mol. The molecule has 0 radical (unpaired) electrons. The van der Waals surface area contributed by atoms with E-state index in [0.717, 1.165) is 31.8 Å². The van der Waals surface area contributed by atoms with E-state index in [4.69, 9.17) is 15.2 Å². The predicted molar refractivity (Wildman–Crippen MR) is 70.6 cm³/mol. The van der Waals surface area contributed by atoms with E-state index in [0.29, 0.717) is 5.41 Å². The molecule has 1 aromatic carbocycles. The van der Waals surface area contributed by atoms with Gasteiger partial charge in [-0.25, -0.2) is 0 Å². The maximum atomic E-state index is 6.54. The van der Waals surface area contributed by atoms with E-state index >= 15 is 0 Å². The van der Waals surface area contributed by atoms with Crippen molar-refractivity contribution in [2.45, 2.75) is 31.2 Å². The smallest absolute Gasteiger partial charge is 0.118 e. The number of hydrogen-bond acceptors (Lipinski definition) is 3. The second-order valence-corrected chi connectivity index (χ2v) is 5.85. The lowest BCUT2D eigenvalue weighted by Gasteiger charge is -2.56. The van der Waals surface area contributed by atoms with E-state index < -0.39 is 0 Å². The Morgan fingerprint density at radius 2 is 1.72 bits per heavy atom. The van der Waals surface area contributed by atoms with E-state index in [1.807, 2.05) is 12.1 Å². The second-order valence-electron chi connectivity index (χ2n) is 5.85. The van der Waals surface area contributed by atoms with Crippen molar-refractivity contribution in [3.05, 3.63) is 29.8 Å². The normalized spacial score (nSPS) is 24.6. The van der Waals surface area contributed by atoms with Gasteiger partial charge in [0.2, 0.25) is 0 Å². The summed E-state index contributed by atoms with van der Waals surface area (Å²) in [5.41, 5.74) is 8.09. The molecule has 1 spiro atoms. The highest BCUT2D eigenvalue weighted by Gasteiger charge is 2.53. The van der Waals surface area contributed by atoms with Crippen LogP contribution in [0.25, 0.3) is 0 Å². The molecule has 3 nitrogen and oxygen atoms in total. The summed E-state index contributed by atoms with van der Waals surface area (Å²) in [4.78, 5) is 0. The minimum Gasteiger partial charge on any atom is -0.497 e. The summed E-state index contributed by atoms with van der Waals surface area (Å²) in [6, 6.07) is 8.20. The van der Waals surface area contributed by atoms with Crippen LogP contribution in [0.5, 0.6) is 5.75 Å². The fourth-order valence-corrected chi connectivity index (χ4v) is 3.57. The van der Waals surface area contributed by atoms with Crippen LogP contribution in [0, 0.1) is 5.41 Å². The summed E-state index contributed by atoms with van der Waals surface area (Å²) >= 11 is 0. The van der Waals surface area contributed by atoms with Crippen LogP contribution in [0.2, 0.25) is 0 Å². The first-order chi connectivity index (χ1) is 8.66. The molecule has 1 aliphatic carbocycles. The molecule has 1 saturated carbocycles. The average Bonchev–Trinajstić information content (AvgIpc) is 2.38. The number of hydrogen-bond donors (Lipinski definition) is 1. The van der Waals surface area contributed by atoms with Gasteiger partial charge in [-0.2, -0.15) is 0 Å². The highest BCUT2D eigenvalue weighted by molar-refractivity contribution is 5.34. The van der Waals surface area contributed by atoms with Crippen molar-refractivity contribution < 1.29 is 9.47 Å². The fraction of sp³-hybridized carbons (Fsp3) is 0.600. The first-order valence-electron chi connectivity index (χ1n) is 6.67. The Morgan fingerprint density at radius 3 is 2.28 bits per heavy atom. The quantitative estimate of drug-likeness (QED) is 0.873. The molecule has 18 heavy (non-hydrogen) atoms. The lowest BCUT2D eigenvalue weighted by molar-refractivity contribution is -0.0725. The maximum absolute atomic E-state index is 6.54. The molecule has 1 aliphatic heterocycles. The van der Waals surface area contributed by atoms with Crippen molar-refractivity contribution in [1.29, 1.82) is 0 Å². The first-order valence-corrected chi connectivity index (χ1v) is 6.67. The standard InChI is InChI=1S/C15H21NO2/c1-17-13-4-2-12(3-5-13)15(16)10-14(11-15)6-8-18-9-7-14/h2-5H,6-11,16H2,1H3. The molecule has 2 fully saturated rings. The second kappa shape index (κ2) is 4.25. The van der Waals surface area contributed by atoms with Crippen molar-refractivity contribution in [3.63, 3.8) is 0 Å². The lowest BCUT2D eigenvalue weighted by Crippen LogP contribution is -2.57. The van der Waals surface area contributed by atoms with Crippen LogP contribution >= 0.6 is 0 Å². The molecule has 2 aliphatic rings. The zero-order valence-corrected chi connectivity index (χ0v) is 10.9. The summed E-state index contributed by atoms with van der Waals surface area (Å²) in [6.07, 6.45) is 4.52. The van der Waals surface area contributed by atoms with Gasteiger partial charge in [0.25, 0.3) is 0 Å². The molecular formula is C15H21NO2. The van der Waals surface area contributed by atoms with Crippen LogP contribution < -0.4 is 10.5 Å². The zero-order chi connectivity index (χ0) is 12.6. The molecule has 2 N–H and O–H groups in total. The first kappa shape index (κ1) is 12.0. The molecule has 0 amide bonds. The number of methoxy groups -OCH3 is 1. The minimum absolute atomic E-state index is 0.135. The maximum Gasteiger partial charge on any atom is 0.118 e. The Bertz CT molecular complexity index is 413. The van der Waals surface area contributed by atoms with Crippen molar-refractivity contribution in [3.8, 4) is 5.75 Å². The summed E-state index contributed by atoms with van der Waals surface area (Å²) < 4.78 is 10.6. The molecule has 3 heteroatoms. The summed E-state index contributed by atoms with van der Waals surface area (Å²) in [5.74, 6) is 0.891. The van der Waals surface area contributed by atoms with Crippen molar-refractivity contribution in [2.75, 3.05) is 20.3 Å². The Balaban J connectivity index is 1.73. The van der Waals surface area contributed by atoms with Crippen molar-refractivity contribution in [2.24, 2.45) is 11.1 Å².